The summed E-state index contributed by atoms with van der Waals surface area (Å²) in [6.45, 7) is -0.0108. The molecule has 14 nitrogen and oxygen atoms in total. The number of nitrogens with zero attached hydrogens (tertiary/aromatic N) is 3. The van der Waals surface area contributed by atoms with Gasteiger partial charge >= 0.3 is 0 Å². The van der Waals surface area contributed by atoms with E-state index in [0.717, 1.165) is 0 Å². The maximum atomic E-state index is 14.1. The first kappa shape index (κ1) is 30.2. The first-order chi connectivity index (χ1) is 19.0. The van der Waals surface area contributed by atoms with Crippen molar-refractivity contribution in [1.82, 2.24) is 9.80 Å². The Bertz CT molecular complexity index is 1370. The predicted molar refractivity (Wildman–Crippen MR) is 146 cm³/mol. The van der Waals surface area contributed by atoms with Crippen molar-refractivity contribution in [3.05, 3.63) is 17.2 Å². The van der Waals surface area contributed by atoms with Gasteiger partial charge in [-0.1, -0.05) is 0 Å². The van der Waals surface area contributed by atoms with Crippen molar-refractivity contribution in [3.63, 3.8) is 0 Å². The molecule has 0 aliphatic heterocycles. The van der Waals surface area contributed by atoms with Gasteiger partial charge in [0.25, 0.3) is 0 Å². The second-order valence-electron chi connectivity index (χ2n) is 11.8. The standard InChI is InChI=1S/C27H36N6O8/c1-31(2)9-14(34)30-12-8-13(32(3)4)10-7-11-16(22(36)15(10)21(12)35)24(38)27(41)18(19(11)28)20(33(5)6)23(37)17(25(27)39)26(29)40/h8,11,16-20,35,41H,7,9,28H2,1-6H3,(H2,29,40)(H,30,34)/t11-,16?,17?,18+,19+,20+,27+/m1/s1. The number of benzene rings is 1. The van der Waals surface area contributed by atoms with Crippen LogP contribution in [0.4, 0.5) is 11.4 Å². The number of rotatable bonds is 6. The smallest absolute Gasteiger partial charge is 0.238 e. The van der Waals surface area contributed by atoms with Gasteiger partial charge in [0.1, 0.15) is 5.75 Å². The number of ketones is 4. The number of fused-ring (bicyclic) bond motifs is 3. The van der Waals surface area contributed by atoms with Crippen LogP contribution in [0.5, 0.6) is 5.75 Å². The summed E-state index contributed by atoms with van der Waals surface area (Å²) >= 11 is 0. The first-order valence-corrected chi connectivity index (χ1v) is 13.1. The Morgan fingerprint density at radius 3 is 2.20 bits per heavy atom. The average Bonchev–Trinajstić information content (AvgIpc) is 2.84. The SMILES string of the molecule is CN(C)CC(=O)Nc1cc(N(C)C)c2c(c1O)C(=O)C1C(=O)[C@]3(O)C(=O)C(C(N)=O)C(=O)[C@@H](N(C)C)[C@@H]3[C@@H](N)[C@@H]1C2. The van der Waals surface area contributed by atoms with E-state index in [1.54, 1.807) is 38.0 Å². The number of aromatic hydroxyl groups is 1. The van der Waals surface area contributed by atoms with Crippen molar-refractivity contribution in [3.8, 4) is 5.75 Å². The first-order valence-electron chi connectivity index (χ1n) is 13.1. The molecule has 0 bridgehead atoms. The number of aliphatic hydroxyl groups is 1. The lowest BCUT2D eigenvalue weighted by atomic mass is 9.50. The highest BCUT2D eigenvalue weighted by atomic mass is 16.3. The van der Waals surface area contributed by atoms with Gasteiger partial charge in [0.2, 0.25) is 11.8 Å². The maximum absolute atomic E-state index is 14.1. The fraction of sp³-hybridized carbons (Fsp3) is 0.556. The van der Waals surface area contributed by atoms with Crippen LogP contribution >= 0.6 is 0 Å². The number of carbonyl (C=O) groups is 6. The molecular formula is C27H36N6O8. The molecule has 1 aromatic rings. The molecular weight excluding hydrogens is 536 g/mol. The lowest BCUT2D eigenvalue weighted by Gasteiger charge is -2.55. The second kappa shape index (κ2) is 10.3. The predicted octanol–water partition coefficient (Wildman–Crippen LogP) is -2.63. The van der Waals surface area contributed by atoms with Crippen LogP contribution in [0.2, 0.25) is 0 Å². The third-order valence-corrected chi connectivity index (χ3v) is 8.44. The second-order valence-corrected chi connectivity index (χ2v) is 11.8. The minimum atomic E-state index is -2.95. The molecule has 222 valence electrons. The highest BCUT2D eigenvalue weighted by Gasteiger charge is 2.71. The number of likely N-dealkylation sites (N-methyl/N-ethyl adjacent to an activating group) is 2. The van der Waals surface area contributed by atoms with Gasteiger partial charge in [0.15, 0.2) is 34.7 Å². The molecule has 2 saturated carbocycles. The van der Waals surface area contributed by atoms with Crippen LogP contribution in [0.15, 0.2) is 6.07 Å². The molecule has 0 saturated heterocycles. The van der Waals surface area contributed by atoms with Crippen LogP contribution in [0.25, 0.3) is 0 Å². The summed E-state index contributed by atoms with van der Waals surface area (Å²) in [6.07, 6.45) is -0.0139. The summed E-state index contributed by atoms with van der Waals surface area (Å²) < 4.78 is 0. The summed E-state index contributed by atoms with van der Waals surface area (Å²) in [5.74, 6) is -12.9. The third kappa shape index (κ3) is 4.41. The van der Waals surface area contributed by atoms with Gasteiger partial charge in [-0.25, -0.2) is 0 Å². The van der Waals surface area contributed by atoms with Gasteiger partial charge in [-0.05, 0) is 52.2 Å². The van der Waals surface area contributed by atoms with E-state index < -0.39 is 82.1 Å². The Morgan fingerprint density at radius 1 is 1.07 bits per heavy atom. The highest BCUT2D eigenvalue weighted by Crippen LogP contribution is 2.52. The number of hydrogen-bond donors (Lipinski definition) is 5. The van der Waals surface area contributed by atoms with Gasteiger partial charge in [0, 0.05) is 31.7 Å². The minimum absolute atomic E-state index is 0.0108. The molecule has 0 radical (unpaired) electrons. The third-order valence-electron chi connectivity index (χ3n) is 8.44. The number of hydrogen-bond acceptors (Lipinski definition) is 12. The largest absolute Gasteiger partial charge is 0.505 e. The van der Waals surface area contributed by atoms with E-state index in [1.165, 1.54) is 25.1 Å². The molecule has 2 fully saturated rings. The molecule has 2 amide bonds. The molecule has 7 atom stereocenters. The van der Waals surface area contributed by atoms with Crippen LogP contribution < -0.4 is 21.7 Å². The summed E-state index contributed by atoms with van der Waals surface area (Å²) in [6, 6.07) is -1.02. The number of phenols is 1. The molecule has 4 rings (SSSR count). The fourth-order valence-corrected chi connectivity index (χ4v) is 6.73. The summed E-state index contributed by atoms with van der Waals surface area (Å²) in [5, 5.41) is 25.6. The van der Waals surface area contributed by atoms with Gasteiger partial charge in [-0.15, -0.1) is 0 Å². The molecule has 3 aliphatic rings. The number of nitrogens with two attached hydrogens (primary N) is 2. The number of phenolic OH excluding ortho intramolecular Hbond substituents is 1. The Hall–Kier alpha value is -3.72. The van der Waals surface area contributed by atoms with Gasteiger partial charge in [0.05, 0.1) is 29.8 Å². The van der Waals surface area contributed by atoms with Crippen molar-refractivity contribution >= 4 is 46.3 Å². The van der Waals surface area contributed by atoms with E-state index in [0.29, 0.717) is 11.3 Å². The van der Waals surface area contributed by atoms with Gasteiger partial charge in [-0.3, -0.25) is 33.7 Å². The number of anilines is 2. The van der Waals surface area contributed by atoms with Crippen LogP contribution in [-0.4, -0.2) is 121 Å². The van der Waals surface area contributed by atoms with Gasteiger partial charge < -0.3 is 36.8 Å². The molecule has 3 aliphatic carbocycles. The summed E-state index contributed by atoms with van der Waals surface area (Å²) in [5.41, 5.74) is 9.58. The molecule has 1 aromatic carbocycles. The Balaban J connectivity index is 1.90. The zero-order valence-electron chi connectivity index (χ0n) is 23.8. The average molecular weight is 573 g/mol. The molecule has 14 heteroatoms. The quantitative estimate of drug-likeness (QED) is 0.175. The van der Waals surface area contributed by atoms with Crippen LogP contribution in [0.3, 0.4) is 0 Å². The summed E-state index contributed by atoms with van der Waals surface area (Å²) in [7, 11) is 9.72. The van der Waals surface area contributed by atoms with Crippen molar-refractivity contribution in [2.24, 2.45) is 35.1 Å². The maximum Gasteiger partial charge on any atom is 0.238 e. The monoisotopic (exact) mass is 572 g/mol. The topological polar surface area (TPSA) is 217 Å². The summed E-state index contributed by atoms with van der Waals surface area (Å²) in [4.78, 5) is 84.2. The van der Waals surface area contributed by atoms with E-state index in [4.69, 9.17) is 11.5 Å². The van der Waals surface area contributed by atoms with Gasteiger partial charge in [-0.2, -0.15) is 0 Å². The number of primary amides is 1. The highest BCUT2D eigenvalue weighted by molar-refractivity contribution is 6.32. The molecule has 7 N–H and O–H groups in total. The van der Waals surface area contributed by atoms with E-state index in [9.17, 15) is 39.0 Å². The molecule has 2 unspecified atom stereocenters. The number of Topliss-reactive ketones (excluding diaryl/α,β-unsaturated/α-hetero) is 4. The Morgan fingerprint density at radius 2 is 1.68 bits per heavy atom. The van der Waals surface area contributed by atoms with E-state index in [1.807, 2.05) is 0 Å². The lowest BCUT2D eigenvalue weighted by molar-refractivity contribution is -0.183. The van der Waals surface area contributed by atoms with Crippen molar-refractivity contribution < 1.29 is 39.0 Å². The number of amides is 2. The lowest BCUT2D eigenvalue weighted by Crippen LogP contribution is -2.78. The molecule has 41 heavy (non-hydrogen) atoms. The van der Waals surface area contributed by atoms with Crippen LogP contribution in [0, 0.1) is 23.7 Å². The molecule has 0 spiro atoms. The number of nitrogens with one attached hydrogen (secondary N) is 1. The zero-order chi connectivity index (χ0) is 30.9. The number of carbonyl (C=O) groups excluding carboxylic acids is 6. The molecule has 0 aromatic heterocycles. The van der Waals surface area contributed by atoms with Crippen LogP contribution in [-0.2, 0) is 30.4 Å². The minimum Gasteiger partial charge on any atom is -0.505 e. The Labute approximate surface area is 236 Å². The van der Waals surface area contributed by atoms with Crippen LogP contribution in [0.1, 0.15) is 15.9 Å². The van der Waals surface area contributed by atoms with Crippen molar-refractivity contribution in [2.75, 3.05) is 59.0 Å². The zero-order valence-corrected chi connectivity index (χ0v) is 23.8. The normalized spacial score (nSPS) is 31.1. The van der Waals surface area contributed by atoms with E-state index >= 15 is 0 Å². The fourth-order valence-electron chi connectivity index (χ4n) is 6.73. The molecule has 0 heterocycles. The van der Waals surface area contributed by atoms with E-state index in [2.05, 4.69) is 5.32 Å². The van der Waals surface area contributed by atoms with E-state index in [-0.39, 0.29) is 24.2 Å². The van der Waals surface area contributed by atoms with Crippen molar-refractivity contribution in [2.45, 2.75) is 24.1 Å². The van der Waals surface area contributed by atoms with Crippen molar-refractivity contribution in [1.29, 1.82) is 0 Å². The Kier molecular flexibility index (Phi) is 7.58.